The van der Waals surface area contributed by atoms with E-state index in [0.717, 1.165) is 19.8 Å². The summed E-state index contributed by atoms with van der Waals surface area (Å²) in [5.74, 6) is -2.80. The Balaban J connectivity index is 0. The van der Waals surface area contributed by atoms with Gasteiger partial charge in [-0.05, 0) is 18.6 Å². The minimum absolute atomic E-state index is 0.0825. The van der Waals surface area contributed by atoms with Gasteiger partial charge in [0, 0.05) is 19.9 Å². The molecule has 0 aliphatic carbocycles. The third kappa shape index (κ3) is 23.1. The molecule has 0 radical (unpaired) electrons. The van der Waals surface area contributed by atoms with E-state index in [9.17, 15) is 14.4 Å². The highest BCUT2D eigenvalue weighted by Gasteiger charge is 2.03. The fourth-order valence-corrected chi connectivity index (χ4v) is 1.67. The first-order valence-corrected chi connectivity index (χ1v) is 8.67. The van der Waals surface area contributed by atoms with Crippen molar-refractivity contribution >= 4 is 23.8 Å². The molecule has 1 rings (SSSR count). The smallest absolute Gasteiger partial charge is 0.335 e. The quantitative estimate of drug-likeness (QED) is 0.480. The summed E-state index contributed by atoms with van der Waals surface area (Å²) in [6.07, 6.45) is 4.46. The predicted molar refractivity (Wildman–Crippen MR) is 101 cm³/mol. The number of aromatic carboxylic acids is 1. The Morgan fingerprint density at radius 1 is 0.889 bits per heavy atom. The van der Waals surface area contributed by atoms with E-state index in [2.05, 4.69) is 12.2 Å². The first-order chi connectivity index (χ1) is 12.7. The van der Waals surface area contributed by atoms with E-state index in [1.54, 1.807) is 30.3 Å². The van der Waals surface area contributed by atoms with Gasteiger partial charge in [0.1, 0.15) is 0 Å². The number of benzene rings is 1. The van der Waals surface area contributed by atoms with Crippen LogP contribution in [0.25, 0.3) is 0 Å². The van der Waals surface area contributed by atoms with Crippen molar-refractivity contribution in [3.8, 4) is 0 Å². The van der Waals surface area contributed by atoms with Gasteiger partial charge in [0.2, 0.25) is 5.91 Å². The molecule has 1 aromatic carbocycles. The Morgan fingerprint density at radius 2 is 1.44 bits per heavy atom. The molecule has 152 valence electrons. The number of hydrogen-bond acceptors (Lipinski definition) is 4. The standard InChI is InChI=1S/C10H19NO3.C7H6O2.C2H4O2/c1-2-3-4-5-8-11-9(12)6-7-10(13)14;8-7(9)6-4-2-1-3-5-6;1-2(3)4/h2-8H2,1H3,(H,11,12)(H,13,14);1-5H,(H,8,9);1H3,(H,3,4). The maximum atomic E-state index is 11.0. The highest BCUT2D eigenvalue weighted by molar-refractivity contribution is 5.87. The second kappa shape index (κ2) is 17.9. The van der Waals surface area contributed by atoms with Gasteiger partial charge in [-0.3, -0.25) is 14.4 Å². The zero-order valence-corrected chi connectivity index (χ0v) is 15.8. The highest BCUT2D eigenvalue weighted by Crippen LogP contribution is 1.97. The molecule has 0 spiro atoms. The molecule has 0 saturated heterocycles. The Bertz CT molecular complexity index is 554. The van der Waals surface area contributed by atoms with Crippen molar-refractivity contribution in [1.29, 1.82) is 0 Å². The average Bonchev–Trinajstić information content (AvgIpc) is 2.60. The number of nitrogens with one attached hydrogen (secondary N) is 1. The van der Waals surface area contributed by atoms with Gasteiger partial charge in [-0.15, -0.1) is 0 Å². The summed E-state index contributed by atoms with van der Waals surface area (Å²) < 4.78 is 0. The molecule has 0 heterocycles. The molecule has 27 heavy (non-hydrogen) atoms. The summed E-state index contributed by atoms with van der Waals surface area (Å²) in [6, 6.07) is 8.30. The molecular formula is C19H29NO7. The van der Waals surface area contributed by atoms with Crippen LogP contribution < -0.4 is 5.32 Å². The molecule has 0 aliphatic heterocycles. The fourth-order valence-electron chi connectivity index (χ4n) is 1.67. The first-order valence-electron chi connectivity index (χ1n) is 8.67. The molecule has 0 aromatic heterocycles. The molecule has 8 nitrogen and oxygen atoms in total. The van der Waals surface area contributed by atoms with Crippen molar-refractivity contribution < 1.29 is 34.5 Å². The van der Waals surface area contributed by atoms with E-state index in [-0.39, 0.29) is 18.7 Å². The lowest BCUT2D eigenvalue weighted by Crippen LogP contribution is -2.24. The summed E-state index contributed by atoms with van der Waals surface area (Å²) in [5, 5.41) is 26.8. The van der Waals surface area contributed by atoms with Crippen molar-refractivity contribution in [3.05, 3.63) is 35.9 Å². The minimum atomic E-state index is -0.925. The Kier molecular flexibility index (Phi) is 17.5. The Labute approximate surface area is 159 Å². The predicted octanol–water partition coefficient (Wildman–Crippen LogP) is 3.02. The van der Waals surface area contributed by atoms with Gasteiger partial charge >= 0.3 is 11.9 Å². The van der Waals surface area contributed by atoms with Gasteiger partial charge in [0.25, 0.3) is 5.97 Å². The van der Waals surface area contributed by atoms with E-state index in [1.807, 2.05) is 0 Å². The number of amides is 1. The number of carbonyl (C=O) groups excluding carboxylic acids is 1. The molecule has 0 bridgehead atoms. The molecule has 1 aromatic rings. The van der Waals surface area contributed by atoms with Crippen LogP contribution >= 0.6 is 0 Å². The van der Waals surface area contributed by atoms with Crippen molar-refractivity contribution in [2.24, 2.45) is 0 Å². The molecule has 0 unspecified atom stereocenters. The number of carbonyl (C=O) groups is 4. The second-order valence-electron chi connectivity index (χ2n) is 5.49. The zero-order chi connectivity index (χ0) is 21.1. The number of rotatable bonds is 9. The van der Waals surface area contributed by atoms with Gasteiger partial charge in [0.15, 0.2) is 0 Å². The van der Waals surface area contributed by atoms with Crippen LogP contribution in [0.5, 0.6) is 0 Å². The summed E-state index contributed by atoms with van der Waals surface area (Å²) in [5.41, 5.74) is 0.331. The van der Waals surface area contributed by atoms with Crippen LogP contribution in [0.3, 0.4) is 0 Å². The van der Waals surface area contributed by atoms with E-state index in [0.29, 0.717) is 12.1 Å². The lowest BCUT2D eigenvalue weighted by atomic mass is 10.2. The van der Waals surface area contributed by atoms with Crippen LogP contribution in [0.4, 0.5) is 0 Å². The van der Waals surface area contributed by atoms with Gasteiger partial charge in [0.05, 0.1) is 12.0 Å². The molecular weight excluding hydrogens is 354 g/mol. The van der Waals surface area contributed by atoms with E-state index in [4.69, 9.17) is 20.1 Å². The van der Waals surface area contributed by atoms with Crippen molar-refractivity contribution in [3.63, 3.8) is 0 Å². The third-order valence-electron chi connectivity index (χ3n) is 2.94. The first kappa shape index (κ1) is 26.3. The van der Waals surface area contributed by atoms with Gasteiger partial charge in [-0.2, -0.15) is 0 Å². The fraction of sp³-hybridized carbons (Fsp3) is 0.474. The summed E-state index contributed by atoms with van der Waals surface area (Å²) in [4.78, 5) is 40.3. The summed E-state index contributed by atoms with van der Waals surface area (Å²) in [7, 11) is 0. The van der Waals surface area contributed by atoms with Crippen LogP contribution in [0, 0.1) is 0 Å². The van der Waals surface area contributed by atoms with E-state index < -0.39 is 17.9 Å². The summed E-state index contributed by atoms with van der Waals surface area (Å²) >= 11 is 0. The monoisotopic (exact) mass is 383 g/mol. The molecule has 0 aliphatic rings. The van der Waals surface area contributed by atoms with E-state index in [1.165, 1.54) is 12.8 Å². The van der Waals surface area contributed by atoms with Crippen LogP contribution in [0.2, 0.25) is 0 Å². The SMILES string of the molecule is CC(=O)O.CCCCCCNC(=O)CCC(=O)O.O=C(O)c1ccccc1. The molecule has 4 N–H and O–H groups in total. The van der Waals surface area contributed by atoms with Crippen molar-refractivity contribution in [1.82, 2.24) is 5.32 Å². The topological polar surface area (TPSA) is 141 Å². The lowest BCUT2D eigenvalue weighted by Gasteiger charge is -2.03. The zero-order valence-electron chi connectivity index (χ0n) is 15.8. The van der Waals surface area contributed by atoms with Crippen LogP contribution in [-0.4, -0.2) is 45.7 Å². The van der Waals surface area contributed by atoms with Gasteiger partial charge in [-0.1, -0.05) is 44.4 Å². The molecule has 0 saturated carbocycles. The number of carboxylic acid groups (broad SMARTS) is 3. The number of unbranched alkanes of at least 4 members (excludes halogenated alkanes) is 3. The largest absolute Gasteiger partial charge is 0.481 e. The van der Waals surface area contributed by atoms with Crippen LogP contribution in [-0.2, 0) is 14.4 Å². The van der Waals surface area contributed by atoms with Crippen LogP contribution in [0.1, 0.15) is 62.7 Å². The van der Waals surface area contributed by atoms with Gasteiger partial charge < -0.3 is 20.6 Å². The maximum Gasteiger partial charge on any atom is 0.335 e. The highest BCUT2D eigenvalue weighted by atomic mass is 16.4. The lowest BCUT2D eigenvalue weighted by molar-refractivity contribution is -0.138. The van der Waals surface area contributed by atoms with Crippen LogP contribution in [0.15, 0.2) is 30.3 Å². The molecule has 0 atom stereocenters. The second-order valence-corrected chi connectivity index (χ2v) is 5.49. The molecule has 1 amide bonds. The van der Waals surface area contributed by atoms with Crippen molar-refractivity contribution in [2.75, 3.05) is 6.54 Å². The average molecular weight is 383 g/mol. The van der Waals surface area contributed by atoms with Crippen molar-refractivity contribution in [2.45, 2.75) is 52.4 Å². The Hall–Kier alpha value is -2.90. The number of hydrogen-bond donors (Lipinski definition) is 4. The minimum Gasteiger partial charge on any atom is -0.481 e. The van der Waals surface area contributed by atoms with Gasteiger partial charge in [-0.25, -0.2) is 4.79 Å². The Morgan fingerprint density at radius 3 is 1.85 bits per heavy atom. The van der Waals surface area contributed by atoms with E-state index >= 15 is 0 Å². The number of carboxylic acids is 3. The molecule has 0 fully saturated rings. The maximum absolute atomic E-state index is 11.0. The normalized spacial score (nSPS) is 8.96. The molecule has 8 heteroatoms. The number of aliphatic carboxylic acids is 2. The third-order valence-corrected chi connectivity index (χ3v) is 2.94. The summed E-state index contributed by atoms with van der Waals surface area (Å²) in [6.45, 7) is 3.88.